The first kappa shape index (κ1) is 19.9. The van der Waals surface area contributed by atoms with Crippen molar-refractivity contribution in [1.82, 2.24) is 9.78 Å². The van der Waals surface area contributed by atoms with E-state index >= 15 is 0 Å². The van der Waals surface area contributed by atoms with Crippen molar-refractivity contribution in [3.05, 3.63) is 17.0 Å². The largest absolute Gasteiger partial charge is 0.435 e. The Morgan fingerprint density at radius 2 is 1.84 bits per heavy atom. The van der Waals surface area contributed by atoms with Crippen LogP contribution >= 0.6 is 0 Å². The highest BCUT2D eigenvalue weighted by atomic mass is 19.4. The predicted molar refractivity (Wildman–Crippen MR) is 69.9 cm³/mol. The lowest BCUT2D eigenvalue weighted by Crippen LogP contribution is -2.33. The van der Waals surface area contributed by atoms with Crippen LogP contribution in [0.3, 0.4) is 0 Å². The number of aliphatic hydroxyl groups excluding tert-OH is 1. The van der Waals surface area contributed by atoms with Crippen molar-refractivity contribution in [2.75, 3.05) is 0 Å². The number of alkyl halides is 8. The van der Waals surface area contributed by atoms with Crippen molar-refractivity contribution in [3.63, 3.8) is 0 Å². The number of nitrogens with zero attached hydrogens (tertiary/aromatic N) is 2. The Balaban J connectivity index is 2.38. The third kappa shape index (κ3) is 3.90. The summed E-state index contributed by atoms with van der Waals surface area (Å²) in [4.78, 5) is 0. The van der Waals surface area contributed by atoms with Gasteiger partial charge in [-0.05, 0) is 19.3 Å². The summed E-state index contributed by atoms with van der Waals surface area (Å²) in [6.07, 6.45) is -14.5. The van der Waals surface area contributed by atoms with E-state index in [0.717, 1.165) is 0 Å². The lowest BCUT2D eigenvalue weighted by molar-refractivity contribution is -0.177. The number of aryl methyl sites for hydroxylation is 1. The van der Waals surface area contributed by atoms with Crippen molar-refractivity contribution in [1.29, 1.82) is 0 Å². The van der Waals surface area contributed by atoms with Gasteiger partial charge in [-0.25, -0.2) is 8.78 Å². The van der Waals surface area contributed by atoms with Crippen LogP contribution in [0.5, 0.6) is 0 Å². The van der Waals surface area contributed by atoms with Gasteiger partial charge in [0, 0.05) is 24.2 Å². The summed E-state index contributed by atoms with van der Waals surface area (Å²) in [6, 6.07) is 0. The molecule has 144 valence electrons. The number of aliphatic hydroxyl groups is 1. The van der Waals surface area contributed by atoms with E-state index in [4.69, 9.17) is 0 Å². The summed E-state index contributed by atoms with van der Waals surface area (Å²) in [7, 11) is 0. The molecule has 1 aromatic heterocycles. The van der Waals surface area contributed by atoms with Crippen LogP contribution < -0.4 is 0 Å². The van der Waals surface area contributed by atoms with E-state index in [1.54, 1.807) is 0 Å². The molecule has 1 aromatic rings. The Labute approximate surface area is 137 Å². The van der Waals surface area contributed by atoms with Gasteiger partial charge < -0.3 is 5.11 Å². The van der Waals surface area contributed by atoms with E-state index < -0.39 is 67.4 Å². The number of aromatic nitrogens is 2. The SMILES string of the molecule is CCC(CCn1nc(C(F)(F)F)c2c1CCC(F)(F)[C@H]2O)C(F)(F)F. The molecule has 0 spiro atoms. The summed E-state index contributed by atoms with van der Waals surface area (Å²) in [5.74, 6) is -5.49. The molecule has 1 heterocycles. The maximum atomic E-state index is 13.6. The third-order valence-corrected chi connectivity index (χ3v) is 4.38. The zero-order valence-electron chi connectivity index (χ0n) is 13.1. The van der Waals surface area contributed by atoms with E-state index in [1.165, 1.54) is 6.92 Å². The van der Waals surface area contributed by atoms with Crippen LogP contribution in [0.15, 0.2) is 0 Å². The van der Waals surface area contributed by atoms with Crippen LogP contribution in [0, 0.1) is 5.92 Å². The quantitative estimate of drug-likeness (QED) is 0.782. The molecule has 0 saturated heterocycles. The van der Waals surface area contributed by atoms with E-state index in [-0.39, 0.29) is 12.1 Å². The Morgan fingerprint density at radius 3 is 2.32 bits per heavy atom. The van der Waals surface area contributed by atoms with Crippen molar-refractivity contribution in [3.8, 4) is 0 Å². The van der Waals surface area contributed by atoms with Crippen LogP contribution in [0.2, 0.25) is 0 Å². The Bertz CT molecular complexity index is 620. The molecule has 0 amide bonds. The van der Waals surface area contributed by atoms with Gasteiger partial charge in [-0.3, -0.25) is 4.68 Å². The number of rotatable bonds is 4. The molecule has 1 unspecified atom stereocenters. The van der Waals surface area contributed by atoms with Gasteiger partial charge in [0.15, 0.2) is 5.69 Å². The average molecular weight is 380 g/mol. The zero-order valence-corrected chi connectivity index (χ0v) is 13.1. The Kier molecular flexibility index (Phi) is 5.10. The van der Waals surface area contributed by atoms with Crippen LogP contribution in [-0.4, -0.2) is 27.0 Å². The lowest BCUT2D eigenvalue weighted by atomic mass is 9.89. The third-order valence-electron chi connectivity index (χ3n) is 4.38. The van der Waals surface area contributed by atoms with E-state index in [9.17, 15) is 40.2 Å². The molecule has 3 nitrogen and oxygen atoms in total. The van der Waals surface area contributed by atoms with Crippen LogP contribution in [-0.2, 0) is 19.1 Å². The molecule has 0 saturated carbocycles. The maximum Gasteiger partial charge on any atom is 0.435 e. The van der Waals surface area contributed by atoms with Crippen LogP contribution in [0.4, 0.5) is 35.1 Å². The van der Waals surface area contributed by atoms with E-state index in [0.29, 0.717) is 4.68 Å². The van der Waals surface area contributed by atoms with Crippen LogP contribution in [0.1, 0.15) is 49.2 Å². The van der Waals surface area contributed by atoms with Crippen molar-refractivity contribution in [2.24, 2.45) is 5.92 Å². The van der Waals surface area contributed by atoms with Crippen LogP contribution in [0.25, 0.3) is 0 Å². The van der Waals surface area contributed by atoms with Crippen molar-refractivity contribution in [2.45, 2.75) is 63.5 Å². The number of fused-ring (bicyclic) bond motifs is 1. The molecule has 0 aliphatic heterocycles. The summed E-state index contributed by atoms with van der Waals surface area (Å²) < 4.78 is 105. The standard InChI is InChI=1S/C14H16F8N2O/c1-2-7(13(17,18)19)4-6-24-8-3-5-12(15,16)11(25)9(8)10(23-24)14(20,21)22/h7,11,25H,2-6H2,1H3/t7?,11-/m0/s1. The van der Waals surface area contributed by atoms with Gasteiger partial charge in [0.05, 0.1) is 5.92 Å². The molecule has 25 heavy (non-hydrogen) atoms. The van der Waals surface area contributed by atoms with Gasteiger partial charge in [0.2, 0.25) is 0 Å². The van der Waals surface area contributed by atoms with Gasteiger partial charge >= 0.3 is 12.4 Å². The summed E-state index contributed by atoms with van der Waals surface area (Å²) in [5, 5.41) is 12.8. The second kappa shape index (κ2) is 6.40. The fourth-order valence-corrected chi connectivity index (χ4v) is 2.97. The van der Waals surface area contributed by atoms with Gasteiger partial charge in [-0.2, -0.15) is 31.4 Å². The summed E-state index contributed by atoms with van der Waals surface area (Å²) in [6.45, 7) is 0.789. The van der Waals surface area contributed by atoms with Crippen molar-refractivity contribution < 1.29 is 40.2 Å². The van der Waals surface area contributed by atoms with Gasteiger partial charge in [-0.1, -0.05) is 6.92 Å². The molecule has 0 radical (unpaired) electrons. The molecule has 1 aliphatic carbocycles. The number of halogens is 8. The fourth-order valence-electron chi connectivity index (χ4n) is 2.97. The molecule has 1 N–H and O–H groups in total. The second-order valence-corrected chi connectivity index (χ2v) is 6.03. The number of hydrogen-bond donors (Lipinski definition) is 1. The number of hydrogen-bond acceptors (Lipinski definition) is 2. The molecule has 2 rings (SSSR count). The van der Waals surface area contributed by atoms with Gasteiger partial charge in [-0.15, -0.1) is 0 Å². The first-order valence-corrected chi connectivity index (χ1v) is 7.58. The molecule has 0 aromatic carbocycles. The highest BCUT2D eigenvalue weighted by Crippen LogP contribution is 2.46. The summed E-state index contributed by atoms with van der Waals surface area (Å²) >= 11 is 0. The monoisotopic (exact) mass is 380 g/mol. The Morgan fingerprint density at radius 1 is 1.24 bits per heavy atom. The normalized spacial score (nSPS) is 21.9. The molecule has 11 heteroatoms. The molecule has 0 bridgehead atoms. The predicted octanol–water partition coefficient (Wildman–Crippen LogP) is 4.50. The molecular weight excluding hydrogens is 364 g/mol. The fraction of sp³-hybridized carbons (Fsp3) is 0.786. The second-order valence-electron chi connectivity index (χ2n) is 6.03. The van der Waals surface area contributed by atoms with Crippen molar-refractivity contribution >= 4 is 0 Å². The minimum absolute atomic E-state index is 0.264. The molecular formula is C14H16F8N2O. The molecule has 2 atom stereocenters. The zero-order chi connectivity index (χ0) is 19.2. The highest BCUT2D eigenvalue weighted by molar-refractivity contribution is 5.35. The first-order chi connectivity index (χ1) is 11.3. The minimum atomic E-state index is -5.10. The average Bonchev–Trinajstić information content (AvgIpc) is 2.81. The summed E-state index contributed by atoms with van der Waals surface area (Å²) in [5.41, 5.74) is -3.00. The molecule has 0 fully saturated rings. The first-order valence-electron chi connectivity index (χ1n) is 7.58. The maximum absolute atomic E-state index is 13.6. The lowest BCUT2D eigenvalue weighted by Gasteiger charge is -2.29. The van der Waals surface area contributed by atoms with Gasteiger partial charge in [0.25, 0.3) is 5.92 Å². The Hall–Kier alpha value is -1.39. The minimum Gasteiger partial charge on any atom is -0.382 e. The highest BCUT2D eigenvalue weighted by Gasteiger charge is 2.51. The van der Waals surface area contributed by atoms with Gasteiger partial charge in [0.1, 0.15) is 6.10 Å². The van der Waals surface area contributed by atoms with E-state index in [2.05, 4.69) is 5.10 Å². The van der Waals surface area contributed by atoms with E-state index in [1.807, 2.05) is 0 Å². The smallest absolute Gasteiger partial charge is 0.382 e. The molecule has 1 aliphatic rings. The topological polar surface area (TPSA) is 38.0 Å².